The summed E-state index contributed by atoms with van der Waals surface area (Å²) in [5, 5.41) is 4.24. The van der Waals surface area contributed by atoms with E-state index in [1.54, 1.807) is 0 Å². The van der Waals surface area contributed by atoms with Gasteiger partial charge in [-0.05, 0) is 97.3 Å². The maximum absolute atomic E-state index is 9.63. The van der Waals surface area contributed by atoms with Crippen molar-refractivity contribution in [3.63, 3.8) is 0 Å². The Bertz CT molecular complexity index is 2470. The monoisotopic (exact) mass is 577 g/mol. The molecule has 0 spiro atoms. The molecule has 0 saturated carbocycles. The van der Waals surface area contributed by atoms with Crippen LogP contribution in [0.3, 0.4) is 0 Å². The van der Waals surface area contributed by atoms with Crippen LogP contribution in [0.1, 0.15) is 5.48 Å². The van der Waals surface area contributed by atoms with Crippen molar-refractivity contribution in [2.75, 3.05) is 4.90 Å². The first-order chi connectivity index (χ1) is 24.0. The second-order valence-corrected chi connectivity index (χ2v) is 11.1. The fourth-order valence-electron chi connectivity index (χ4n) is 6.04. The standard InChI is InChI=1S/C44H31N/c1-2-10-32(11-3-1)34-22-26-40(27-23-34)45(41-28-24-35(25-29-41)38-21-20-33-12-4-5-14-37(33)30-38)42-17-8-16-39(31-42)44-19-9-15-36-13-6-7-18-43(36)44/h1-31H/i8D,16D,17D,31D. The minimum absolute atomic E-state index is 0.0353. The number of fused-ring (bicyclic) bond motifs is 2. The number of hydrogen-bond acceptors (Lipinski definition) is 1. The molecule has 0 aliphatic carbocycles. The van der Waals surface area contributed by atoms with Crippen LogP contribution in [0, 0.1) is 0 Å². The van der Waals surface area contributed by atoms with E-state index in [0.717, 1.165) is 44.4 Å². The number of hydrogen-bond donors (Lipinski definition) is 0. The molecule has 0 amide bonds. The van der Waals surface area contributed by atoms with Gasteiger partial charge in [0.1, 0.15) is 0 Å². The summed E-state index contributed by atoms with van der Waals surface area (Å²) in [6.45, 7) is 0. The number of rotatable bonds is 6. The molecular weight excluding hydrogens is 542 g/mol. The van der Waals surface area contributed by atoms with Gasteiger partial charge in [-0.1, -0.05) is 146 Å². The Morgan fingerprint density at radius 1 is 0.378 bits per heavy atom. The maximum atomic E-state index is 9.63. The van der Waals surface area contributed by atoms with Gasteiger partial charge in [0, 0.05) is 17.1 Å². The van der Waals surface area contributed by atoms with Crippen LogP contribution in [-0.2, 0) is 0 Å². The summed E-state index contributed by atoms with van der Waals surface area (Å²) in [6.07, 6.45) is 0. The van der Waals surface area contributed by atoms with Crippen LogP contribution in [0.25, 0.3) is 54.9 Å². The van der Waals surface area contributed by atoms with Crippen LogP contribution >= 0.6 is 0 Å². The van der Waals surface area contributed by atoms with Gasteiger partial charge in [-0.25, -0.2) is 0 Å². The Kier molecular flexibility index (Phi) is 5.84. The van der Waals surface area contributed by atoms with E-state index in [1.807, 2.05) is 114 Å². The Labute approximate surface area is 269 Å². The van der Waals surface area contributed by atoms with Crippen molar-refractivity contribution in [3.05, 3.63) is 188 Å². The van der Waals surface area contributed by atoms with Crippen LogP contribution < -0.4 is 4.90 Å². The van der Waals surface area contributed by atoms with Crippen LogP contribution in [-0.4, -0.2) is 0 Å². The first-order valence-electron chi connectivity index (χ1n) is 17.1. The highest BCUT2D eigenvalue weighted by molar-refractivity contribution is 5.97. The lowest BCUT2D eigenvalue weighted by Gasteiger charge is -2.26. The number of anilines is 3. The third-order valence-corrected chi connectivity index (χ3v) is 8.34. The largest absolute Gasteiger partial charge is 0.310 e. The van der Waals surface area contributed by atoms with Crippen molar-refractivity contribution in [3.8, 4) is 33.4 Å². The quantitative estimate of drug-likeness (QED) is 0.190. The van der Waals surface area contributed by atoms with E-state index >= 15 is 0 Å². The minimum Gasteiger partial charge on any atom is -0.310 e. The summed E-state index contributed by atoms with van der Waals surface area (Å²) in [5.74, 6) is 0. The smallest absolute Gasteiger partial charge is 0.0651 e. The molecule has 0 bridgehead atoms. The molecule has 0 radical (unpaired) electrons. The van der Waals surface area contributed by atoms with E-state index in [0.29, 0.717) is 11.1 Å². The lowest BCUT2D eigenvalue weighted by molar-refractivity contribution is 1.28. The summed E-state index contributed by atoms with van der Waals surface area (Å²) in [7, 11) is 0. The summed E-state index contributed by atoms with van der Waals surface area (Å²) in [6, 6.07) is 54.3. The van der Waals surface area contributed by atoms with Crippen molar-refractivity contribution >= 4 is 38.6 Å². The van der Waals surface area contributed by atoms with Crippen LogP contribution in [0.4, 0.5) is 17.1 Å². The molecule has 8 rings (SSSR count). The molecule has 1 heteroatoms. The zero-order valence-corrected chi connectivity index (χ0v) is 24.5. The lowest BCUT2D eigenvalue weighted by Crippen LogP contribution is -2.10. The van der Waals surface area contributed by atoms with Gasteiger partial charge in [-0.3, -0.25) is 0 Å². The molecule has 0 unspecified atom stereocenters. The number of benzene rings is 8. The van der Waals surface area contributed by atoms with Gasteiger partial charge in [0.25, 0.3) is 0 Å². The molecule has 8 aromatic carbocycles. The van der Waals surface area contributed by atoms with Crippen molar-refractivity contribution < 1.29 is 5.48 Å². The lowest BCUT2D eigenvalue weighted by atomic mass is 9.97. The maximum Gasteiger partial charge on any atom is 0.0651 e. The molecule has 0 saturated heterocycles. The molecule has 212 valence electrons. The van der Waals surface area contributed by atoms with E-state index in [9.17, 15) is 2.74 Å². The highest BCUT2D eigenvalue weighted by Gasteiger charge is 2.15. The molecule has 0 atom stereocenters. The third-order valence-electron chi connectivity index (χ3n) is 8.34. The fraction of sp³-hybridized carbons (Fsp3) is 0. The van der Waals surface area contributed by atoms with Crippen molar-refractivity contribution in [1.29, 1.82) is 0 Å². The van der Waals surface area contributed by atoms with Crippen LogP contribution in [0.5, 0.6) is 0 Å². The molecule has 0 aromatic heterocycles. The average Bonchev–Trinajstić information content (AvgIpc) is 3.16. The van der Waals surface area contributed by atoms with Gasteiger partial charge in [-0.15, -0.1) is 0 Å². The molecule has 0 fully saturated rings. The Balaban J connectivity index is 1.31. The number of nitrogens with zero attached hydrogens (tertiary/aromatic N) is 1. The van der Waals surface area contributed by atoms with Gasteiger partial charge in [-0.2, -0.15) is 0 Å². The first-order valence-corrected chi connectivity index (χ1v) is 15.1. The molecular formula is C44H31N. The molecule has 0 heterocycles. The zero-order chi connectivity index (χ0) is 33.5. The summed E-state index contributed by atoms with van der Waals surface area (Å²) >= 11 is 0. The first kappa shape index (κ1) is 22.6. The highest BCUT2D eigenvalue weighted by atomic mass is 15.1. The summed E-state index contributed by atoms with van der Waals surface area (Å²) < 4.78 is 36.8. The molecule has 0 N–H and O–H groups in total. The molecule has 0 aliphatic rings. The van der Waals surface area contributed by atoms with E-state index in [-0.39, 0.29) is 29.9 Å². The summed E-state index contributed by atoms with van der Waals surface area (Å²) in [5.41, 5.74) is 7.08. The van der Waals surface area contributed by atoms with E-state index in [4.69, 9.17) is 2.74 Å². The van der Waals surface area contributed by atoms with Gasteiger partial charge in [0.15, 0.2) is 0 Å². The Morgan fingerprint density at radius 3 is 1.71 bits per heavy atom. The zero-order valence-electron chi connectivity index (χ0n) is 28.5. The topological polar surface area (TPSA) is 3.24 Å². The van der Waals surface area contributed by atoms with Crippen molar-refractivity contribution in [2.24, 2.45) is 0 Å². The van der Waals surface area contributed by atoms with Crippen LogP contribution in [0.2, 0.25) is 0 Å². The third kappa shape index (κ3) is 5.26. The van der Waals surface area contributed by atoms with Crippen LogP contribution in [0.15, 0.2) is 188 Å². The Hall–Kier alpha value is -5.92. The predicted molar refractivity (Wildman–Crippen MR) is 192 cm³/mol. The second kappa shape index (κ2) is 11.6. The van der Waals surface area contributed by atoms with Gasteiger partial charge >= 0.3 is 0 Å². The van der Waals surface area contributed by atoms with Gasteiger partial charge in [0.2, 0.25) is 0 Å². The normalized spacial score (nSPS) is 12.4. The van der Waals surface area contributed by atoms with E-state index < -0.39 is 0 Å². The van der Waals surface area contributed by atoms with Gasteiger partial charge in [0.05, 0.1) is 5.48 Å². The van der Waals surface area contributed by atoms with E-state index in [2.05, 4.69) is 54.6 Å². The second-order valence-electron chi connectivity index (χ2n) is 11.1. The van der Waals surface area contributed by atoms with E-state index in [1.165, 1.54) is 10.8 Å². The molecule has 45 heavy (non-hydrogen) atoms. The van der Waals surface area contributed by atoms with Crippen molar-refractivity contribution in [1.82, 2.24) is 0 Å². The highest BCUT2D eigenvalue weighted by Crippen LogP contribution is 2.39. The Morgan fingerprint density at radius 2 is 0.956 bits per heavy atom. The molecule has 8 aromatic rings. The molecule has 1 nitrogen and oxygen atoms in total. The average molecular weight is 578 g/mol. The van der Waals surface area contributed by atoms with Gasteiger partial charge < -0.3 is 4.90 Å². The fourth-order valence-corrected chi connectivity index (χ4v) is 6.04. The minimum atomic E-state index is -0.215. The summed E-state index contributed by atoms with van der Waals surface area (Å²) in [4.78, 5) is 1.88. The molecule has 0 aliphatic heterocycles. The van der Waals surface area contributed by atoms with Crippen molar-refractivity contribution in [2.45, 2.75) is 0 Å². The SMILES string of the molecule is [2H]c1c([2H])c(-c2cccc3ccccc23)c([2H])c(N(c2ccc(-c3ccccc3)cc2)c2ccc(-c3ccc4ccccc4c3)cc2)c1[2H]. The predicted octanol–water partition coefficient (Wildman–Crippen LogP) is 12.5.